The third-order valence-electron chi connectivity index (χ3n) is 3.60. The summed E-state index contributed by atoms with van der Waals surface area (Å²) in [5.74, 6) is 2.52. The quantitative estimate of drug-likeness (QED) is 0.824. The number of hydrogen-bond acceptors (Lipinski definition) is 3. The lowest BCUT2D eigenvalue weighted by atomic mass is 9.98. The van der Waals surface area contributed by atoms with Crippen LogP contribution in [0, 0.1) is 0 Å². The molecule has 2 rings (SSSR count). The van der Waals surface area contributed by atoms with E-state index in [1.807, 2.05) is 6.20 Å². The summed E-state index contributed by atoms with van der Waals surface area (Å²) in [6.07, 6.45) is 9.90. The zero-order chi connectivity index (χ0) is 13.0. The smallest absolute Gasteiger partial charge is 0.208 e. The summed E-state index contributed by atoms with van der Waals surface area (Å²) in [5, 5.41) is 3.41. The fourth-order valence-corrected chi connectivity index (χ4v) is 2.50. The van der Waals surface area contributed by atoms with Crippen LogP contribution in [-0.4, -0.2) is 10.5 Å². The molecule has 1 saturated carbocycles. The van der Waals surface area contributed by atoms with Crippen molar-refractivity contribution in [3.05, 3.63) is 17.8 Å². The van der Waals surface area contributed by atoms with Gasteiger partial charge in [0, 0.05) is 11.5 Å². The summed E-state index contributed by atoms with van der Waals surface area (Å²) in [7, 11) is 0. The van der Waals surface area contributed by atoms with E-state index in [0.717, 1.165) is 18.2 Å². The van der Waals surface area contributed by atoms with E-state index in [4.69, 9.17) is 4.42 Å². The molecule has 1 fully saturated rings. The van der Waals surface area contributed by atoms with Gasteiger partial charge in [0.05, 0.1) is 12.7 Å². The summed E-state index contributed by atoms with van der Waals surface area (Å²) in [5.41, 5.74) is 0.108. The van der Waals surface area contributed by atoms with Crippen molar-refractivity contribution >= 4 is 0 Å². The second-order valence-corrected chi connectivity index (χ2v) is 6.45. The van der Waals surface area contributed by atoms with E-state index in [2.05, 4.69) is 31.1 Å². The summed E-state index contributed by atoms with van der Waals surface area (Å²) >= 11 is 0. The van der Waals surface area contributed by atoms with Gasteiger partial charge in [0.15, 0.2) is 0 Å². The Kier molecular flexibility index (Phi) is 4.44. The highest BCUT2D eigenvalue weighted by molar-refractivity contribution is 5.02. The molecule has 18 heavy (non-hydrogen) atoms. The molecule has 0 amide bonds. The normalized spacial score (nSPS) is 18.8. The fraction of sp³-hybridized carbons (Fsp3) is 0.800. The van der Waals surface area contributed by atoms with Crippen molar-refractivity contribution in [3.63, 3.8) is 0 Å². The molecule has 0 atom stereocenters. The maximum Gasteiger partial charge on any atom is 0.208 e. The van der Waals surface area contributed by atoms with Crippen molar-refractivity contribution in [2.75, 3.05) is 0 Å². The Morgan fingerprint density at radius 3 is 2.50 bits per heavy atom. The molecule has 0 spiro atoms. The Labute approximate surface area is 110 Å². The minimum absolute atomic E-state index is 0.108. The zero-order valence-electron chi connectivity index (χ0n) is 12.0. The Morgan fingerprint density at radius 2 is 1.89 bits per heavy atom. The third-order valence-corrected chi connectivity index (χ3v) is 3.60. The van der Waals surface area contributed by atoms with Crippen molar-refractivity contribution in [3.8, 4) is 0 Å². The maximum absolute atomic E-state index is 5.90. The molecule has 0 bridgehead atoms. The topological polar surface area (TPSA) is 38.1 Å². The molecule has 0 radical (unpaired) electrons. The van der Waals surface area contributed by atoms with E-state index < -0.39 is 0 Å². The van der Waals surface area contributed by atoms with Crippen LogP contribution in [0.3, 0.4) is 0 Å². The van der Waals surface area contributed by atoms with Crippen molar-refractivity contribution in [1.29, 1.82) is 0 Å². The highest BCUT2D eigenvalue weighted by atomic mass is 16.4. The molecule has 0 saturated heterocycles. The van der Waals surface area contributed by atoms with E-state index in [0.29, 0.717) is 5.92 Å². The molecule has 1 N–H and O–H groups in total. The van der Waals surface area contributed by atoms with Crippen LogP contribution in [0.1, 0.15) is 76.9 Å². The molecule has 1 aromatic rings. The molecule has 0 aliphatic heterocycles. The Bertz CT molecular complexity index is 357. The molecule has 3 heteroatoms. The van der Waals surface area contributed by atoms with Gasteiger partial charge in [-0.05, 0) is 33.6 Å². The number of oxazole rings is 1. The Hall–Kier alpha value is -0.830. The van der Waals surface area contributed by atoms with Crippen LogP contribution < -0.4 is 5.32 Å². The van der Waals surface area contributed by atoms with Crippen LogP contribution >= 0.6 is 0 Å². The lowest BCUT2D eigenvalue weighted by Gasteiger charge is -2.19. The van der Waals surface area contributed by atoms with Crippen LogP contribution in [-0.2, 0) is 6.54 Å². The summed E-state index contributed by atoms with van der Waals surface area (Å²) in [6, 6.07) is 0. The second kappa shape index (κ2) is 5.87. The molecule has 1 aromatic heterocycles. The predicted octanol–water partition coefficient (Wildman–Crippen LogP) is 4.00. The summed E-state index contributed by atoms with van der Waals surface area (Å²) in [6.45, 7) is 7.18. The van der Waals surface area contributed by atoms with Crippen LogP contribution in [0.5, 0.6) is 0 Å². The monoisotopic (exact) mass is 250 g/mol. The Balaban J connectivity index is 1.92. The number of nitrogens with zero attached hydrogens (tertiary/aromatic N) is 1. The largest absolute Gasteiger partial charge is 0.444 e. The number of hydrogen-bond donors (Lipinski definition) is 1. The summed E-state index contributed by atoms with van der Waals surface area (Å²) < 4.78 is 5.90. The first-order valence-corrected chi connectivity index (χ1v) is 7.24. The molecular weight excluding hydrogens is 224 g/mol. The van der Waals surface area contributed by atoms with Crippen molar-refractivity contribution < 1.29 is 4.42 Å². The molecule has 1 heterocycles. The lowest BCUT2D eigenvalue weighted by Crippen LogP contribution is -2.35. The first kappa shape index (κ1) is 13.6. The van der Waals surface area contributed by atoms with Crippen molar-refractivity contribution in [2.24, 2.45) is 0 Å². The first-order valence-electron chi connectivity index (χ1n) is 7.24. The van der Waals surface area contributed by atoms with Crippen molar-refractivity contribution in [2.45, 2.75) is 77.3 Å². The highest BCUT2D eigenvalue weighted by Gasteiger charge is 2.19. The summed E-state index contributed by atoms with van der Waals surface area (Å²) in [4.78, 5) is 4.40. The van der Waals surface area contributed by atoms with Crippen LogP contribution in [0.15, 0.2) is 10.6 Å². The number of nitrogens with one attached hydrogen (secondary N) is 1. The van der Waals surface area contributed by atoms with Gasteiger partial charge < -0.3 is 9.73 Å². The van der Waals surface area contributed by atoms with Gasteiger partial charge in [-0.3, -0.25) is 0 Å². The molecule has 1 aliphatic rings. The van der Waals surface area contributed by atoms with E-state index in [-0.39, 0.29) is 5.54 Å². The number of rotatable bonds is 3. The first-order chi connectivity index (χ1) is 8.54. The standard InChI is InChI=1S/C15H26N2O/c1-15(2,3)17-11-14-16-10-13(18-14)12-8-6-4-5-7-9-12/h10,12,17H,4-9,11H2,1-3H3. The van der Waals surface area contributed by atoms with Gasteiger partial charge in [0.2, 0.25) is 5.89 Å². The van der Waals surface area contributed by atoms with Crippen LogP contribution in [0.4, 0.5) is 0 Å². The third kappa shape index (κ3) is 4.13. The Morgan fingerprint density at radius 1 is 1.22 bits per heavy atom. The maximum atomic E-state index is 5.90. The average molecular weight is 250 g/mol. The predicted molar refractivity (Wildman–Crippen MR) is 73.5 cm³/mol. The van der Waals surface area contributed by atoms with Gasteiger partial charge in [-0.15, -0.1) is 0 Å². The lowest BCUT2D eigenvalue weighted by molar-refractivity contribution is 0.356. The van der Waals surface area contributed by atoms with Crippen LogP contribution in [0.25, 0.3) is 0 Å². The second-order valence-electron chi connectivity index (χ2n) is 6.45. The van der Waals surface area contributed by atoms with Crippen molar-refractivity contribution in [1.82, 2.24) is 10.3 Å². The van der Waals surface area contributed by atoms with E-state index in [1.54, 1.807) is 0 Å². The fourth-order valence-electron chi connectivity index (χ4n) is 2.50. The molecule has 0 unspecified atom stereocenters. The average Bonchev–Trinajstić information content (AvgIpc) is 2.60. The number of aromatic nitrogens is 1. The molecular formula is C15H26N2O. The van der Waals surface area contributed by atoms with Gasteiger partial charge in [0.25, 0.3) is 0 Å². The highest BCUT2D eigenvalue weighted by Crippen LogP contribution is 2.31. The van der Waals surface area contributed by atoms with Gasteiger partial charge in [-0.1, -0.05) is 25.7 Å². The molecule has 102 valence electrons. The minimum atomic E-state index is 0.108. The van der Waals surface area contributed by atoms with Crippen LogP contribution in [0.2, 0.25) is 0 Å². The molecule has 1 aliphatic carbocycles. The van der Waals surface area contributed by atoms with E-state index >= 15 is 0 Å². The zero-order valence-corrected chi connectivity index (χ0v) is 12.0. The van der Waals surface area contributed by atoms with Gasteiger partial charge >= 0.3 is 0 Å². The molecule has 3 nitrogen and oxygen atoms in total. The molecule has 0 aromatic carbocycles. The van der Waals surface area contributed by atoms with E-state index in [9.17, 15) is 0 Å². The van der Waals surface area contributed by atoms with Gasteiger partial charge in [-0.25, -0.2) is 4.98 Å². The SMILES string of the molecule is CC(C)(C)NCc1ncc(C2CCCCCC2)o1. The van der Waals surface area contributed by atoms with Gasteiger partial charge in [-0.2, -0.15) is 0 Å². The van der Waals surface area contributed by atoms with E-state index in [1.165, 1.54) is 38.5 Å². The van der Waals surface area contributed by atoms with Gasteiger partial charge in [0.1, 0.15) is 5.76 Å². The minimum Gasteiger partial charge on any atom is -0.444 e.